The highest BCUT2D eigenvalue weighted by molar-refractivity contribution is 6.31. The Morgan fingerprint density at radius 1 is 1.32 bits per heavy atom. The molecule has 2 rings (SSSR count). The number of rotatable bonds is 3. The second-order valence-corrected chi connectivity index (χ2v) is 5.24. The van der Waals surface area contributed by atoms with Crippen LogP contribution >= 0.6 is 11.6 Å². The van der Waals surface area contributed by atoms with E-state index < -0.39 is 0 Å². The molecule has 0 saturated carbocycles. The van der Waals surface area contributed by atoms with Crippen LogP contribution in [0.25, 0.3) is 11.3 Å². The Bertz CT molecular complexity index is 585. The number of nitrogens with two attached hydrogens (primary N) is 1. The summed E-state index contributed by atoms with van der Waals surface area (Å²) in [5.74, 6) is 1.69. The van der Waals surface area contributed by atoms with Gasteiger partial charge in [0.15, 0.2) is 0 Å². The minimum Gasteiger partial charge on any atom is -0.496 e. The van der Waals surface area contributed by atoms with E-state index in [2.05, 4.69) is 18.9 Å². The largest absolute Gasteiger partial charge is 0.496 e. The van der Waals surface area contributed by atoms with Crippen molar-refractivity contribution < 1.29 is 4.74 Å². The third-order valence-corrected chi connectivity index (χ3v) is 3.31. The van der Waals surface area contributed by atoms with Gasteiger partial charge in [-0.2, -0.15) is 5.10 Å². The summed E-state index contributed by atoms with van der Waals surface area (Å²) in [6.45, 7) is 4.23. The Morgan fingerprint density at radius 3 is 2.47 bits per heavy atom. The van der Waals surface area contributed by atoms with Gasteiger partial charge in [-0.25, -0.2) is 0 Å². The molecule has 19 heavy (non-hydrogen) atoms. The summed E-state index contributed by atoms with van der Waals surface area (Å²) in [6, 6.07) is 5.57. The number of benzene rings is 1. The molecule has 0 aliphatic rings. The van der Waals surface area contributed by atoms with Crippen molar-refractivity contribution in [3.8, 4) is 17.0 Å². The minimum atomic E-state index is 0.297. The Balaban J connectivity index is 2.70. The molecule has 0 bridgehead atoms. The van der Waals surface area contributed by atoms with Gasteiger partial charge in [-0.1, -0.05) is 25.4 Å². The Hall–Kier alpha value is -1.68. The van der Waals surface area contributed by atoms with Crippen molar-refractivity contribution in [3.05, 3.63) is 28.8 Å². The van der Waals surface area contributed by atoms with Gasteiger partial charge in [0.05, 0.1) is 12.8 Å². The summed E-state index contributed by atoms with van der Waals surface area (Å²) < 4.78 is 7.08. The molecule has 0 unspecified atom stereocenters. The number of aromatic nitrogens is 2. The molecule has 1 aromatic heterocycles. The van der Waals surface area contributed by atoms with Crippen LogP contribution in [0.1, 0.15) is 25.3 Å². The number of anilines is 1. The molecule has 5 heteroatoms. The summed E-state index contributed by atoms with van der Waals surface area (Å²) in [5.41, 5.74) is 8.71. The number of hydrogen-bond donors (Lipinski definition) is 1. The average molecular weight is 280 g/mol. The van der Waals surface area contributed by atoms with Crippen molar-refractivity contribution >= 4 is 17.4 Å². The number of nitrogens with zero attached hydrogens (tertiary/aromatic N) is 2. The van der Waals surface area contributed by atoms with Crippen LogP contribution in [-0.4, -0.2) is 16.9 Å². The highest BCUT2D eigenvalue weighted by atomic mass is 35.5. The number of nitrogen functional groups attached to an aromatic ring is 1. The first-order valence-electron chi connectivity index (χ1n) is 6.11. The monoisotopic (exact) mass is 279 g/mol. The van der Waals surface area contributed by atoms with Crippen LogP contribution in [0.3, 0.4) is 0 Å². The van der Waals surface area contributed by atoms with E-state index in [0.29, 0.717) is 16.8 Å². The number of halogens is 1. The summed E-state index contributed by atoms with van der Waals surface area (Å²) >= 11 is 6.16. The lowest BCUT2D eigenvalue weighted by molar-refractivity contribution is 0.408. The van der Waals surface area contributed by atoms with E-state index in [1.54, 1.807) is 11.8 Å². The van der Waals surface area contributed by atoms with Crippen LogP contribution in [0.4, 0.5) is 5.82 Å². The quantitative estimate of drug-likeness (QED) is 0.936. The summed E-state index contributed by atoms with van der Waals surface area (Å²) in [5, 5.41) is 5.04. The summed E-state index contributed by atoms with van der Waals surface area (Å²) in [6.07, 6.45) is 0. The van der Waals surface area contributed by atoms with E-state index in [-0.39, 0.29) is 0 Å². The van der Waals surface area contributed by atoms with E-state index in [0.717, 1.165) is 22.6 Å². The molecule has 4 nitrogen and oxygen atoms in total. The highest BCUT2D eigenvalue weighted by Crippen LogP contribution is 2.38. The van der Waals surface area contributed by atoms with Crippen LogP contribution in [0.2, 0.25) is 5.02 Å². The maximum Gasteiger partial charge on any atom is 0.124 e. The molecular formula is C14H18ClN3O. The smallest absolute Gasteiger partial charge is 0.124 e. The van der Waals surface area contributed by atoms with Crippen LogP contribution in [0.5, 0.6) is 5.75 Å². The molecule has 0 radical (unpaired) electrons. The van der Waals surface area contributed by atoms with Crippen LogP contribution in [0, 0.1) is 0 Å². The molecule has 102 valence electrons. The van der Waals surface area contributed by atoms with Gasteiger partial charge in [0.25, 0.3) is 0 Å². The van der Waals surface area contributed by atoms with Crippen molar-refractivity contribution in [1.29, 1.82) is 0 Å². The fraction of sp³-hybridized carbons (Fsp3) is 0.357. The zero-order chi connectivity index (χ0) is 14.2. The first kappa shape index (κ1) is 13.7. The average Bonchev–Trinajstić information content (AvgIpc) is 2.68. The zero-order valence-corrected chi connectivity index (χ0v) is 12.3. The van der Waals surface area contributed by atoms with Gasteiger partial charge in [-0.3, -0.25) is 4.68 Å². The Kier molecular flexibility index (Phi) is 3.71. The van der Waals surface area contributed by atoms with Gasteiger partial charge in [0, 0.05) is 29.3 Å². The molecule has 0 aliphatic heterocycles. The first-order valence-corrected chi connectivity index (χ1v) is 6.49. The highest BCUT2D eigenvalue weighted by Gasteiger charge is 2.18. The molecule has 0 spiro atoms. The fourth-order valence-corrected chi connectivity index (χ4v) is 2.39. The van der Waals surface area contributed by atoms with Crippen molar-refractivity contribution in [2.75, 3.05) is 12.8 Å². The van der Waals surface area contributed by atoms with Gasteiger partial charge >= 0.3 is 0 Å². The van der Waals surface area contributed by atoms with Crippen LogP contribution < -0.4 is 10.5 Å². The maximum atomic E-state index is 6.16. The van der Waals surface area contributed by atoms with Crippen molar-refractivity contribution in [2.24, 2.45) is 7.05 Å². The second kappa shape index (κ2) is 5.13. The third-order valence-electron chi connectivity index (χ3n) is 3.10. The molecule has 2 aromatic rings. The van der Waals surface area contributed by atoms with E-state index in [9.17, 15) is 0 Å². The van der Waals surface area contributed by atoms with Gasteiger partial charge in [0.1, 0.15) is 11.6 Å². The summed E-state index contributed by atoms with van der Waals surface area (Å²) in [7, 11) is 3.46. The number of aryl methyl sites for hydroxylation is 1. The van der Waals surface area contributed by atoms with Gasteiger partial charge in [0.2, 0.25) is 0 Å². The SMILES string of the molecule is COc1cc(Cl)cc(-c2cc(N)n(C)n2)c1C(C)C. The predicted octanol–water partition coefficient (Wildman–Crippen LogP) is 3.45. The Morgan fingerprint density at radius 2 is 2.00 bits per heavy atom. The molecule has 1 heterocycles. The maximum absolute atomic E-state index is 6.16. The lowest BCUT2D eigenvalue weighted by atomic mass is 9.94. The molecule has 0 fully saturated rings. The molecule has 0 atom stereocenters. The van der Waals surface area contributed by atoms with Crippen molar-refractivity contribution in [2.45, 2.75) is 19.8 Å². The lowest BCUT2D eigenvalue weighted by Gasteiger charge is -2.16. The molecule has 0 saturated heterocycles. The number of methoxy groups -OCH3 is 1. The standard InChI is InChI=1S/C14H18ClN3O/c1-8(2)14-10(5-9(15)6-12(14)19-4)11-7-13(16)18(3)17-11/h5-8H,16H2,1-4H3. The normalized spacial score (nSPS) is 11.1. The van der Waals surface area contributed by atoms with E-state index in [1.807, 2.05) is 25.2 Å². The van der Waals surface area contributed by atoms with E-state index in [4.69, 9.17) is 22.1 Å². The molecule has 0 aliphatic carbocycles. The van der Waals surface area contributed by atoms with E-state index in [1.165, 1.54) is 0 Å². The van der Waals surface area contributed by atoms with Crippen LogP contribution in [0.15, 0.2) is 18.2 Å². The summed E-state index contributed by atoms with van der Waals surface area (Å²) in [4.78, 5) is 0. The van der Waals surface area contributed by atoms with Gasteiger partial charge < -0.3 is 10.5 Å². The van der Waals surface area contributed by atoms with Crippen molar-refractivity contribution in [3.63, 3.8) is 0 Å². The van der Waals surface area contributed by atoms with E-state index >= 15 is 0 Å². The Labute approximate surface area is 118 Å². The van der Waals surface area contributed by atoms with Crippen LogP contribution in [-0.2, 0) is 7.05 Å². The van der Waals surface area contributed by atoms with Gasteiger partial charge in [-0.15, -0.1) is 0 Å². The van der Waals surface area contributed by atoms with Crippen molar-refractivity contribution in [1.82, 2.24) is 9.78 Å². The number of hydrogen-bond acceptors (Lipinski definition) is 3. The first-order chi connectivity index (χ1) is 8.93. The topological polar surface area (TPSA) is 53.1 Å². The van der Waals surface area contributed by atoms with Gasteiger partial charge in [-0.05, 0) is 18.1 Å². The second-order valence-electron chi connectivity index (χ2n) is 4.80. The fourth-order valence-electron chi connectivity index (χ4n) is 2.18. The minimum absolute atomic E-state index is 0.297. The molecule has 1 aromatic carbocycles. The lowest BCUT2D eigenvalue weighted by Crippen LogP contribution is -1.99. The molecule has 2 N–H and O–H groups in total. The molecular weight excluding hydrogens is 262 g/mol. The predicted molar refractivity (Wildman–Crippen MR) is 78.7 cm³/mol. The third kappa shape index (κ3) is 2.54. The zero-order valence-electron chi connectivity index (χ0n) is 11.6. The number of ether oxygens (including phenoxy) is 1. The molecule has 0 amide bonds.